The zero-order chi connectivity index (χ0) is 16.3. The Labute approximate surface area is 136 Å². The first-order valence-corrected chi connectivity index (χ1v) is 7.49. The number of hydrogen-bond acceptors (Lipinski definition) is 3. The number of methoxy groups -OCH3 is 1. The molecular formula is C15H17BrFN3O2. The van der Waals surface area contributed by atoms with Crippen molar-refractivity contribution in [1.29, 1.82) is 0 Å². The number of benzene rings is 1. The van der Waals surface area contributed by atoms with Gasteiger partial charge in [-0.2, -0.15) is 5.10 Å². The summed E-state index contributed by atoms with van der Waals surface area (Å²) in [4.78, 5) is 12.4. The molecular weight excluding hydrogens is 353 g/mol. The van der Waals surface area contributed by atoms with E-state index in [0.29, 0.717) is 21.3 Å². The van der Waals surface area contributed by atoms with Crippen molar-refractivity contribution in [3.8, 4) is 0 Å². The van der Waals surface area contributed by atoms with Crippen LogP contribution in [0.15, 0.2) is 28.9 Å². The van der Waals surface area contributed by atoms with Crippen molar-refractivity contribution < 1.29 is 13.9 Å². The van der Waals surface area contributed by atoms with E-state index in [2.05, 4.69) is 26.3 Å². The lowest BCUT2D eigenvalue weighted by Gasteiger charge is -2.15. The number of aryl methyl sites for hydroxylation is 1. The molecule has 0 spiro atoms. The predicted octanol–water partition coefficient (Wildman–Crippen LogP) is 2.96. The van der Waals surface area contributed by atoms with Gasteiger partial charge in [0.2, 0.25) is 0 Å². The number of nitrogens with one attached hydrogen (secondary N) is 1. The number of carbonyl (C=O) groups excluding carboxylic acids is 1. The average Bonchev–Trinajstić information content (AvgIpc) is 2.80. The first-order chi connectivity index (χ1) is 10.4. The largest absolute Gasteiger partial charge is 0.378 e. The molecule has 7 heteroatoms. The molecule has 1 amide bonds. The second kappa shape index (κ2) is 7.02. The summed E-state index contributed by atoms with van der Waals surface area (Å²) in [5.41, 5.74) is 1.40. The van der Waals surface area contributed by atoms with Crippen molar-refractivity contribution >= 4 is 21.8 Å². The molecule has 0 saturated heterocycles. The van der Waals surface area contributed by atoms with Gasteiger partial charge < -0.3 is 10.1 Å². The molecule has 0 fully saturated rings. The minimum atomic E-state index is -0.462. The number of hydrogen-bond donors (Lipinski definition) is 1. The summed E-state index contributed by atoms with van der Waals surface area (Å²) in [5.74, 6) is -0.680. The van der Waals surface area contributed by atoms with E-state index >= 15 is 0 Å². The monoisotopic (exact) mass is 369 g/mol. The van der Waals surface area contributed by atoms with Gasteiger partial charge in [-0.15, -0.1) is 0 Å². The van der Waals surface area contributed by atoms with Crippen molar-refractivity contribution in [3.05, 3.63) is 51.5 Å². The quantitative estimate of drug-likeness (QED) is 0.881. The number of carbonyl (C=O) groups is 1. The molecule has 0 aliphatic carbocycles. The molecule has 0 aliphatic rings. The standard InChI is InChI=1S/C15H17BrFN3O2/c1-9(11-5-4-10(16)6-13(11)17)18-15(21)12-7-20(2)19-14(12)8-22-3/h4-7,9H,8H2,1-3H3,(H,18,21). The Kier molecular flexibility index (Phi) is 5.31. The van der Waals surface area contributed by atoms with Crippen LogP contribution in [0.5, 0.6) is 0 Å². The second-order valence-electron chi connectivity index (χ2n) is 4.96. The third kappa shape index (κ3) is 3.72. The maximum atomic E-state index is 13.9. The van der Waals surface area contributed by atoms with Crippen molar-refractivity contribution in [2.45, 2.75) is 19.6 Å². The minimum Gasteiger partial charge on any atom is -0.378 e. The molecule has 5 nitrogen and oxygen atoms in total. The number of halogens is 2. The SMILES string of the molecule is COCc1nn(C)cc1C(=O)NC(C)c1ccc(Br)cc1F. The highest BCUT2D eigenvalue weighted by molar-refractivity contribution is 9.10. The van der Waals surface area contributed by atoms with E-state index in [9.17, 15) is 9.18 Å². The molecule has 1 N–H and O–H groups in total. The van der Waals surface area contributed by atoms with Crippen LogP contribution >= 0.6 is 15.9 Å². The highest BCUT2D eigenvalue weighted by Gasteiger charge is 2.19. The Morgan fingerprint density at radius 2 is 2.27 bits per heavy atom. The molecule has 0 saturated carbocycles. The van der Waals surface area contributed by atoms with E-state index in [1.54, 1.807) is 37.0 Å². The van der Waals surface area contributed by atoms with Crippen LogP contribution in [0.3, 0.4) is 0 Å². The smallest absolute Gasteiger partial charge is 0.255 e. The van der Waals surface area contributed by atoms with Crippen LogP contribution in [-0.4, -0.2) is 22.8 Å². The summed E-state index contributed by atoms with van der Waals surface area (Å²) in [6, 6.07) is 4.29. The molecule has 1 unspecified atom stereocenters. The summed E-state index contributed by atoms with van der Waals surface area (Å²) in [5, 5.41) is 6.96. The lowest BCUT2D eigenvalue weighted by atomic mass is 10.1. The molecule has 0 aliphatic heterocycles. The summed E-state index contributed by atoms with van der Waals surface area (Å²) < 4.78 is 21.2. The Bertz CT molecular complexity index is 687. The van der Waals surface area contributed by atoms with Crippen LogP contribution in [-0.2, 0) is 18.4 Å². The van der Waals surface area contributed by atoms with E-state index in [-0.39, 0.29) is 18.3 Å². The van der Waals surface area contributed by atoms with Crippen molar-refractivity contribution in [3.63, 3.8) is 0 Å². The first-order valence-electron chi connectivity index (χ1n) is 6.69. The van der Waals surface area contributed by atoms with Crippen LogP contribution in [0.1, 0.15) is 34.6 Å². The number of ether oxygens (including phenoxy) is 1. The van der Waals surface area contributed by atoms with Gasteiger partial charge in [0.15, 0.2) is 0 Å². The van der Waals surface area contributed by atoms with Crippen LogP contribution in [0, 0.1) is 5.82 Å². The molecule has 0 bridgehead atoms. The predicted molar refractivity (Wildman–Crippen MR) is 83.9 cm³/mol. The summed E-state index contributed by atoms with van der Waals surface area (Å²) >= 11 is 3.21. The number of amides is 1. The molecule has 118 valence electrons. The highest BCUT2D eigenvalue weighted by Crippen LogP contribution is 2.21. The van der Waals surface area contributed by atoms with Gasteiger partial charge >= 0.3 is 0 Å². The fourth-order valence-corrected chi connectivity index (χ4v) is 2.51. The third-order valence-electron chi connectivity index (χ3n) is 3.21. The van der Waals surface area contributed by atoms with Crippen LogP contribution in [0.4, 0.5) is 4.39 Å². The average molecular weight is 370 g/mol. The van der Waals surface area contributed by atoms with Gasteiger partial charge in [-0.3, -0.25) is 9.48 Å². The lowest BCUT2D eigenvalue weighted by Crippen LogP contribution is -2.27. The molecule has 2 rings (SSSR count). The Hall–Kier alpha value is -1.73. The Morgan fingerprint density at radius 3 is 2.91 bits per heavy atom. The second-order valence-corrected chi connectivity index (χ2v) is 5.87. The van der Waals surface area contributed by atoms with Crippen molar-refractivity contribution in [2.75, 3.05) is 7.11 Å². The summed E-state index contributed by atoms with van der Waals surface area (Å²) in [6.45, 7) is 1.97. The van der Waals surface area contributed by atoms with Crippen LogP contribution in [0.2, 0.25) is 0 Å². The van der Waals surface area contributed by atoms with Crippen LogP contribution in [0.25, 0.3) is 0 Å². The molecule has 22 heavy (non-hydrogen) atoms. The summed E-state index contributed by atoms with van der Waals surface area (Å²) in [6.07, 6.45) is 1.62. The molecule has 1 aromatic heterocycles. The Balaban J connectivity index is 2.17. The zero-order valence-corrected chi connectivity index (χ0v) is 14.1. The van der Waals surface area contributed by atoms with Gasteiger partial charge in [-0.05, 0) is 19.1 Å². The molecule has 0 radical (unpaired) electrons. The minimum absolute atomic E-state index is 0.241. The molecule has 1 aromatic carbocycles. The van der Waals surface area contributed by atoms with E-state index in [1.807, 2.05) is 0 Å². The molecule has 1 heterocycles. The van der Waals surface area contributed by atoms with Gasteiger partial charge in [0.05, 0.1) is 18.2 Å². The van der Waals surface area contributed by atoms with Crippen molar-refractivity contribution in [1.82, 2.24) is 15.1 Å². The van der Waals surface area contributed by atoms with E-state index < -0.39 is 6.04 Å². The number of rotatable bonds is 5. The molecule has 1 atom stereocenters. The maximum absolute atomic E-state index is 13.9. The summed E-state index contributed by atoms with van der Waals surface area (Å²) in [7, 11) is 3.27. The van der Waals surface area contributed by atoms with Gasteiger partial charge in [0.25, 0.3) is 5.91 Å². The topological polar surface area (TPSA) is 56.2 Å². The normalized spacial score (nSPS) is 12.2. The van der Waals surface area contributed by atoms with E-state index in [4.69, 9.17) is 4.74 Å². The van der Waals surface area contributed by atoms with Gasteiger partial charge in [0, 0.05) is 30.4 Å². The van der Waals surface area contributed by atoms with E-state index in [1.165, 1.54) is 13.2 Å². The zero-order valence-electron chi connectivity index (χ0n) is 12.6. The highest BCUT2D eigenvalue weighted by atomic mass is 79.9. The van der Waals surface area contributed by atoms with E-state index in [0.717, 1.165) is 0 Å². The van der Waals surface area contributed by atoms with Crippen molar-refractivity contribution in [2.24, 2.45) is 7.05 Å². The fraction of sp³-hybridized carbons (Fsp3) is 0.333. The lowest BCUT2D eigenvalue weighted by molar-refractivity contribution is 0.0934. The molecule has 2 aromatic rings. The number of aromatic nitrogens is 2. The van der Waals surface area contributed by atoms with Gasteiger partial charge in [-0.25, -0.2) is 4.39 Å². The van der Waals surface area contributed by atoms with Gasteiger partial charge in [0.1, 0.15) is 11.5 Å². The first kappa shape index (κ1) is 16.6. The Morgan fingerprint density at radius 1 is 1.55 bits per heavy atom. The third-order valence-corrected chi connectivity index (χ3v) is 3.70. The van der Waals surface area contributed by atoms with Gasteiger partial charge in [-0.1, -0.05) is 22.0 Å². The fourth-order valence-electron chi connectivity index (χ4n) is 2.17. The number of nitrogens with zero attached hydrogens (tertiary/aromatic N) is 2. The maximum Gasteiger partial charge on any atom is 0.255 e. The van der Waals surface area contributed by atoms with Crippen LogP contribution < -0.4 is 5.32 Å².